The fraction of sp³-hybridized carbons (Fsp3) is 0.696. The molecule has 3 heteroatoms. The molecular formula is C23H38O3. The van der Waals surface area contributed by atoms with Crippen LogP contribution in [0.4, 0.5) is 0 Å². The van der Waals surface area contributed by atoms with Gasteiger partial charge in [-0.3, -0.25) is 0 Å². The van der Waals surface area contributed by atoms with E-state index in [1.54, 1.807) is 6.07 Å². The standard InChI is InChI=1S/C23H38O3/c1-7-8-9-10-11-12-13-14-23(5,6)19-16-17(22(2,3)4)15-18(20(19)24)21(25)26/h15-16,24H,7-14H2,1-6H3,(H,25,26). The quantitative estimate of drug-likeness (QED) is 0.450. The fourth-order valence-corrected chi connectivity index (χ4v) is 3.41. The minimum Gasteiger partial charge on any atom is -0.507 e. The molecule has 0 aliphatic carbocycles. The molecule has 148 valence electrons. The summed E-state index contributed by atoms with van der Waals surface area (Å²) in [5, 5.41) is 20.1. The molecule has 2 N–H and O–H groups in total. The average Bonchev–Trinajstić information content (AvgIpc) is 2.52. The lowest BCUT2D eigenvalue weighted by atomic mass is 9.75. The second kappa shape index (κ2) is 9.43. The van der Waals surface area contributed by atoms with Crippen LogP contribution in [0.25, 0.3) is 0 Å². The second-order valence-corrected chi connectivity index (χ2v) is 9.23. The van der Waals surface area contributed by atoms with Crippen LogP contribution in [0.5, 0.6) is 5.75 Å². The SMILES string of the molecule is CCCCCCCCCC(C)(C)c1cc(C(C)(C)C)cc(C(=O)O)c1O. The average molecular weight is 363 g/mol. The highest BCUT2D eigenvalue weighted by molar-refractivity contribution is 5.91. The Balaban J connectivity index is 2.93. The number of phenols is 1. The Bertz CT molecular complexity index is 594. The highest BCUT2D eigenvalue weighted by Crippen LogP contribution is 2.40. The van der Waals surface area contributed by atoms with E-state index in [-0.39, 0.29) is 22.1 Å². The van der Waals surface area contributed by atoms with Gasteiger partial charge in [0.2, 0.25) is 0 Å². The number of aromatic hydroxyl groups is 1. The van der Waals surface area contributed by atoms with Crippen molar-refractivity contribution in [2.24, 2.45) is 0 Å². The zero-order valence-corrected chi connectivity index (χ0v) is 17.6. The molecule has 0 saturated carbocycles. The van der Waals surface area contributed by atoms with Crippen LogP contribution in [0.15, 0.2) is 12.1 Å². The van der Waals surface area contributed by atoms with Crippen LogP contribution >= 0.6 is 0 Å². The Morgan fingerprint density at radius 1 is 0.923 bits per heavy atom. The van der Waals surface area contributed by atoms with Gasteiger partial charge in [0.25, 0.3) is 0 Å². The van der Waals surface area contributed by atoms with E-state index in [9.17, 15) is 15.0 Å². The molecule has 26 heavy (non-hydrogen) atoms. The lowest BCUT2D eigenvalue weighted by Gasteiger charge is -2.30. The van der Waals surface area contributed by atoms with Crippen LogP contribution in [0.3, 0.4) is 0 Å². The van der Waals surface area contributed by atoms with Crippen molar-refractivity contribution in [2.75, 3.05) is 0 Å². The predicted molar refractivity (Wildman–Crippen MR) is 109 cm³/mol. The largest absolute Gasteiger partial charge is 0.507 e. The summed E-state index contributed by atoms with van der Waals surface area (Å²) in [5.41, 5.74) is 1.31. The number of unbranched alkanes of at least 4 members (excludes halogenated alkanes) is 6. The van der Waals surface area contributed by atoms with E-state index in [0.717, 1.165) is 24.0 Å². The van der Waals surface area contributed by atoms with Crippen molar-refractivity contribution in [3.8, 4) is 5.75 Å². The Morgan fingerprint density at radius 3 is 1.96 bits per heavy atom. The Labute approximate surface area is 159 Å². The Kier molecular flexibility index (Phi) is 8.17. The van der Waals surface area contributed by atoms with E-state index in [1.165, 1.54) is 38.5 Å². The van der Waals surface area contributed by atoms with Crippen LogP contribution in [0.1, 0.15) is 114 Å². The van der Waals surface area contributed by atoms with Crippen molar-refractivity contribution in [2.45, 2.75) is 104 Å². The topological polar surface area (TPSA) is 57.5 Å². The third kappa shape index (κ3) is 6.34. The minimum absolute atomic E-state index is 0.0139. The number of benzene rings is 1. The Hall–Kier alpha value is -1.51. The molecule has 0 aliphatic heterocycles. The summed E-state index contributed by atoms with van der Waals surface area (Å²) in [4.78, 5) is 11.6. The highest BCUT2D eigenvalue weighted by Gasteiger charge is 2.29. The van der Waals surface area contributed by atoms with Crippen LogP contribution in [0, 0.1) is 0 Å². The summed E-state index contributed by atoms with van der Waals surface area (Å²) in [5.74, 6) is -1.14. The first-order valence-corrected chi connectivity index (χ1v) is 10.1. The molecule has 0 unspecified atom stereocenters. The summed E-state index contributed by atoms with van der Waals surface area (Å²) < 4.78 is 0. The molecule has 0 fully saturated rings. The molecule has 0 aliphatic rings. The summed E-state index contributed by atoms with van der Waals surface area (Å²) in [6, 6.07) is 3.62. The van der Waals surface area contributed by atoms with Gasteiger partial charge in [0.05, 0.1) is 0 Å². The maximum absolute atomic E-state index is 11.6. The highest BCUT2D eigenvalue weighted by atomic mass is 16.4. The number of aromatic carboxylic acids is 1. The van der Waals surface area contributed by atoms with Gasteiger partial charge in [-0.15, -0.1) is 0 Å². The van der Waals surface area contributed by atoms with E-state index < -0.39 is 5.97 Å². The van der Waals surface area contributed by atoms with Crippen LogP contribution in [-0.4, -0.2) is 16.2 Å². The maximum atomic E-state index is 11.6. The van der Waals surface area contributed by atoms with Crippen molar-refractivity contribution < 1.29 is 15.0 Å². The summed E-state index contributed by atoms with van der Waals surface area (Å²) in [6.07, 6.45) is 9.68. The van der Waals surface area contributed by atoms with Crippen molar-refractivity contribution in [3.63, 3.8) is 0 Å². The van der Waals surface area contributed by atoms with Gasteiger partial charge < -0.3 is 10.2 Å². The molecule has 0 amide bonds. The molecule has 0 radical (unpaired) electrons. The molecule has 0 spiro atoms. The first-order valence-electron chi connectivity index (χ1n) is 10.1. The Morgan fingerprint density at radius 2 is 1.46 bits per heavy atom. The second-order valence-electron chi connectivity index (χ2n) is 9.23. The van der Waals surface area contributed by atoms with E-state index in [0.29, 0.717) is 0 Å². The molecule has 0 heterocycles. The summed E-state index contributed by atoms with van der Waals surface area (Å²) in [7, 11) is 0. The molecule has 0 atom stereocenters. The van der Waals surface area contributed by atoms with Gasteiger partial charge >= 0.3 is 5.97 Å². The van der Waals surface area contributed by atoms with E-state index >= 15 is 0 Å². The van der Waals surface area contributed by atoms with Crippen LogP contribution in [-0.2, 0) is 10.8 Å². The monoisotopic (exact) mass is 362 g/mol. The van der Waals surface area contributed by atoms with Gasteiger partial charge in [0.1, 0.15) is 11.3 Å². The number of hydrogen-bond acceptors (Lipinski definition) is 2. The van der Waals surface area contributed by atoms with Gasteiger partial charge in [0.15, 0.2) is 0 Å². The van der Waals surface area contributed by atoms with Crippen molar-refractivity contribution in [3.05, 3.63) is 28.8 Å². The van der Waals surface area contributed by atoms with Crippen molar-refractivity contribution >= 4 is 5.97 Å². The molecule has 1 aromatic rings. The van der Waals surface area contributed by atoms with Gasteiger partial charge in [-0.05, 0) is 28.9 Å². The lowest BCUT2D eigenvalue weighted by molar-refractivity contribution is 0.0693. The number of carboxylic acid groups (broad SMARTS) is 1. The van der Waals surface area contributed by atoms with Gasteiger partial charge in [-0.1, -0.05) is 92.6 Å². The number of carbonyl (C=O) groups is 1. The molecule has 3 nitrogen and oxygen atoms in total. The number of hydrogen-bond donors (Lipinski definition) is 2. The molecular weight excluding hydrogens is 324 g/mol. The van der Waals surface area contributed by atoms with Gasteiger partial charge in [-0.2, -0.15) is 0 Å². The van der Waals surface area contributed by atoms with E-state index in [1.807, 2.05) is 6.07 Å². The molecule has 1 rings (SSSR count). The normalized spacial score (nSPS) is 12.4. The first-order chi connectivity index (χ1) is 12.0. The molecule has 0 aromatic heterocycles. The van der Waals surface area contributed by atoms with Crippen LogP contribution in [0.2, 0.25) is 0 Å². The third-order valence-electron chi connectivity index (χ3n) is 5.34. The van der Waals surface area contributed by atoms with E-state index in [4.69, 9.17) is 0 Å². The summed E-state index contributed by atoms with van der Waals surface area (Å²) in [6.45, 7) is 12.6. The van der Waals surface area contributed by atoms with Gasteiger partial charge in [0, 0.05) is 5.56 Å². The molecule has 0 saturated heterocycles. The first kappa shape index (κ1) is 22.5. The smallest absolute Gasteiger partial charge is 0.339 e. The maximum Gasteiger partial charge on any atom is 0.339 e. The van der Waals surface area contributed by atoms with Crippen LogP contribution < -0.4 is 0 Å². The number of carboxylic acids is 1. The molecule has 0 bridgehead atoms. The lowest BCUT2D eigenvalue weighted by Crippen LogP contribution is -2.21. The van der Waals surface area contributed by atoms with Crippen molar-refractivity contribution in [1.29, 1.82) is 0 Å². The predicted octanol–water partition coefficient (Wildman–Crippen LogP) is 6.81. The van der Waals surface area contributed by atoms with E-state index in [2.05, 4.69) is 41.5 Å². The zero-order valence-electron chi connectivity index (χ0n) is 17.6. The molecule has 1 aromatic carbocycles. The minimum atomic E-state index is -1.07. The van der Waals surface area contributed by atoms with Crippen molar-refractivity contribution in [1.82, 2.24) is 0 Å². The van der Waals surface area contributed by atoms with Gasteiger partial charge in [-0.25, -0.2) is 4.79 Å². The number of rotatable bonds is 10. The fourth-order valence-electron chi connectivity index (χ4n) is 3.41. The summed E-state index contributed by atoms with van der Waals surface area (Å²) >= 11 is 0. The zero-order chi connectivity index (χ0) is 20.0. The third-order valence-corrected chi connectivity index (χ3v) is 5.34.